The third kappa shape index (κ3) is 3.94. The number of hydrogen-bond donors (Lipinski definition) is 2. The van der Waals surface area contributed by atoms with Crippen LogP contribution in [0.4, 0.5) is 0 Å². The van der Waals surface area contributed by atoms with E-state index in [0.29, 0.717) is 6.04 Å². The molecule has 4 aromatic rings. The zero-order valence-electron chi connectivity index (χ0n) is 18.3. The second kappa shape index (κ2) is 8.64. The maximum Gasteiger partial charge on any atom is 0.152 e. The topological polar surface area (TPSA) is 58.3 Å². The van der Waals surface area contributed by atoms with Crippen molar-refractivity contribution in [3.05, 3.63) is 96.3 Å². The Morgan fingerprint density at radius 2 is 1.56 bits per heavy atom. The first-order valence-corrected chi connectivity index (χ1v) is 11.3. The number of hydrogen-bond acceptors (Lipinski definition) is 4. The highest BCUT2D eigenvalue weighted by Gasteiger charge is 2.50. The molecule has 1 heterocycles. The average Bonchev–Trinajstić information content (AvgIpc) is 3.50. The number of rotatable bonds is 8. The minimum Gasteiger partial charge on any atom is -0.508 e. The normalized spacial score (nSPS) is 15.4. The van der Waals surface area contributed by atoms with Gasteiger partial charge in [-0.25, -0.2) is 0 Å². The third-order valence-corrected chi connectivity index (χ3v) is 6.53. The molecule has 1 aromatic heterocycles. The monoisotopic (exact) mass is 424 g/mol. The van der Waals surface area contributed by atoms with Gasteiger partial charge < -0.3 is 14.9 Å². The Balaban J connectivity index is 1.50. The van der Waals surface area contributed by atoms with Crippen molar-refractivity contribution in [3.8, 4) is 28.1 Å². The summed E-state index contributed by atoms with van der Waals surface area (Å²) in [6.45, 7) is 3.07. The number of nitrogens with one attached hydrogen (secondary N) is 1. The molecule has 32 heavy (non-hydrogen) atoms. The van der Waals surface area contributed by atoms with Crippen LogP contribution in [0.3, 0.4) is 0 Å². The van der Waals surface area contributed by atoms with E-state index in [1.54, 1.807) is 12.1 Å². The van der Waals surface area contributed by atoms with Gasteiger partial charge in [0.05, 0.1) is 5.56 Å². The van der Waals surface area contributed by atoms with Crippen molar-refractivity contribution in [1.82, 2.24) is 10.5 Å². The fourth-order valence-corrected chi connectivity index (χ4v) is 4.48. The summed E-state index contributed by atoms with van der Waals surface area (Å²) in [5.41, 5.74) is 5.20. The summed E-state index contributed by atoms with van der Waals surface area (Å²) in [7, 11) is 0. The number of phenols is 1. The van der Waals surface area contributed by atoms with Crippen LogP contribution in [0.2, 0.25) is 0 Å². The number of aromatic hydroxyl groups is 1. The van der Waals surface area contributed by atoms with Gasteiger partial charge in [-0.2, -0.15) is 0 Å². The fraction of sp³-hybridized carbons (Fsp3) is 0.250. The maximum atomic E-state index is 9.72. The third-order valence-electron chi connectivity index (χ3n) is 6.53. The van der Waals surface area contributed by atoms with E-state index < -0.39 is 0 Å². The lowest BCUT2D eigenvalue weighted by Gasteiger charge is -2.22. The van der Waals surface area contributed by atoms with E-state index in [2.05, 4.69) is 59.9 Å². The Labute approximate surface area is 188 Å². The zero-order valence-corrected chi connectivity index (χ0v) is 18.3. The number of nitrogens with zero attached hydrogens (tertiary/aromatic N) is 1. The molecule has 5 rings (SSSR count). The summed E-state index contributed by atoms with van der Waals surface area (Å²) in [6.07, 6.45) is 3.19. The van der Waals surface area contributed by atoms with E-state index in [9.17, 15) is 5.11 Å². The fourth-order valence-electron chi connectivity index (χ4n) is 4.48. The van der Waals surface area contributed by atoms with Crippen LogP contribution in [0, 0.1) is 0 Å². The molecule has 2 N–H and O–H groups in total. The highest BCUT2D eigenvalue weighted by atomic mass is 16.5. The molecule has 1 fully saturated rings. The Bertz CT molecular complexity index is 1160. The molecule has 162 valence electrons. The van der Waals surface area contributed by atoms with Crippen molar-refractivity contribution in [2.24, 2.45) is 0 Å². The van der Waals surface area contributed by atoms with Crippen LogP contribution in [0.25, 0.3) is 22.4 Å². The molecule has 0 unspecified atom stereocenters. The van der Waals surface area contributed by atoms with E-state index in [4.69, 9.17) is 4.52 Å². The lowest BCUT2D eigenvalue weighted by molar-refractivity contribution is 0.340. The first kappa shape index (κ1) is 20.5. The van der Waals surface area contributed by atoms with E-state index in [-0.39, 0.29) is 11.2 Å². The average molecular weight is 425 g/mol. The summed E-state index contributed by atoms with van der Waals surface area (Å²) in [5.74, 6) is 1.20. The van der Waals surface area contributed by atoms with Crippen LogP contribution >= 0.6 is 0 Å². The van der Waals surface area contributed by atoms with Gasteiger partial charge in [0.25, 0.3) is 0 Å². The quantitative estimate of drug-likeness (QED) is 0.340. The SMILES string of the molecule is CC[C@@H](NCC1(c2onc(-c3ccc(O)cc3)c2-c2ccccc2)CC1)c1ccccc1. The van der Waals surface area contributed by atoms with Crippen molar-refractivity contribution in [2.75, 3.05) is 6.54 Å². The molecule has 0 saturated heterocycles. The predicted octanol–water partition coefficient (Wildman–Crippen LogP) is 6.49. The molecule has 0 radical (unpaired) electrons. The van der Waals surface area contributed by atoms with Gasteiger partial charge in [0.2, 0.25) is 0 Å². The van der Waals surface area contributed by atoms with Crippen molar-refractivity contribution < 1.29 is 9.63 Å². The van der Waals surface area contributed by atoms with Crippen LogP contribution in [-0.4, -0.2) is 16.8 Å². The van der Waals surface area contributed by atoms with Crippen LogP contribution in [-0.2, 0) is 5.41 Å². The lowest BCUT2D eigenvalue weighted by Crippen LogP contribution is -2.30. The predicted molar refractivity (Wildman–Crippen MR) is 127 cm³/mol. The number of aromatic nitrogens is 1. The largest absolute Gasteiger partial charge is 0.508 e. The van der Waals surface area contributed by atoms with Crippen molar-refractivity contribution in [2.45, 2.75) is 37.6 Å². The van der Waals surface area contributed by atoms with E-state index >= 15 is 0 Å². The Hall–Kier alpha value is -3.37. The smallest absolute Gasteiger partial charge is 0.152 e. The molecule has 1 saturated carbocycles. The standard InChI is InChI=1S/C28H28N2O2/c1-2-24(20-9-5-3-6-10-20)29-19-28(17-18-28)27-25(21-11-7-4-8-12-21)26(30-32-27)22-13-15-23(31)16-14-22/h3-16,24,29,31H,2,17-19H2,1H3/t24-/m1/s1. The molecule has 4 heteroatoms. The van der Waals surface area contributed by atoms with Crippen molar-refractivity contribution in [3.63, 3.8) is 0 Å². The van der Waals surface area contributed by atoms with Crippen LogP contribution < -0.4 is 5.32 Å². The summed E-state index contributed by atoms with van der Waals surface area (Å²) >= 11 is 0. The van der Waals surface area contributed by atoms with E-state index in [0.717, 1.165) is 54.0 Å². The Morgan fingerprint density at radius 3 is 2.19 bits per heavy atom. The van der Waals surface area contributed by atoms with Gasteiger partial charge in [0.1, 0.15) is 11.4 Å². The highest BCUT2D eigenvalue weighted by Crippen LogP contribution is 2.53. The second-order valence-electron chi connectivity index (χ2n) is 8.68. The van der Waals surface area contributed by atoms with E-state index in [1.807, 2.05) is 30.3 Å². The molecule has 0 spiro atoms. The molecule has 1 atom stereocenters. The van der Waals surface area contributed by atoms with Gasteiger partial charge in [-0.05, 0) is 54.7 Å². The molecule has 1 aliphatic rings. The first-order valence-electron chi connectivity index (χ1n) is 11.3. The van der Waals surface area contributed by atoms with Gasteiger partial charge in [-0.1, -0.05) is 72.7 Å². The van der Waals surface area contributed by atoms with Crippen LogP contribution in [0.15, 0.2) is 89.5 Å². The lowest BCUT2D eigenvalue weighted by atomic mass is 9.91. The molecular weight excluding hydrogens is 396 g/mol. The van der Waals surface area contributed by atoms with Gasteiger partial charge in [0, 0.05) is 23.6 Å². The molecule has 0 amide bonds. The minimum atomic E-state index is -0.0461. The minimum absolute atomic E-state index is 0.0461. The summed E-state index contributed by atoms with van der Waals surface area (Å²) < 4.78 is 6.08. The maximum absolute atomic E-state index is 9.72. The van der Waals surface area contributed by atoms with E-state index in [1.165, 1.54) is 5.56 Å². The van der Waals surface area contributed by atoms with Crippen molar-refractivity contribution in [1.29, 1.82) is 0 Å². The molecular formula is C28H28N2O2. The van der Waals surface area contributed by atoms with Crippen LogP contribution in [0.5, 0.6) is 5.75 Å². The number of benzene rings is 3. The van der Waals surface area contributed by atoms with Gasteiger partial charge in [0.15, 0.2) is 5.76 Å². The zero-order chi connectivity index (χ0) is 22.0. The first-order chi connectivity index (χ1) is 15.7. The Kier molecular flexibility index (Phi) is 5.54. The molecule has 0 bridgehead atoms. The van der Waals surface area contributed by atoms with Gasteiger partial charge >= 0.3 is 0 Å². The molecule has 0 aliphatic heterocycles. The van der Waals surface area contributed by atoms with Crippen LogP contribution in [0.1, 0.15) is 43.6 Å². The van der Waals surface area contributed by atoms with Crippen molar-refractivity contribution >= 4 is 0 Å². The summed E-state index contributed by atoms with van der Waals surface area (Å²) in [4.78, 5) is 0. The molecule has 4 nitrogen and oxygen atoms in total. The summed E-state index contributed by atoms with van der Waals surface area (Å²) in [5, 5.41) is 18.0. The van der Waals surface area contributed by atoms with Gasteiger partial charge in [-0.3, -0.25) is 0 Å². The summed E-state index contributed by atoms with van der Waals surface area (Å²) in [6, 6.07) is 28.5. The molecule has 1 aliphatic carbocycles. The Morgan fingerprint density at radius 1 is 0.906 bits per heavy atom. The number of phenolic OH excluding ortho intramolecular Hbond substituents is 1. The second-order valence-corrected chi connectivity index (χ2v) is 8.68. The highest BCUT2D eigenvalue weighted by molar-refractivity contribution is 5.83. The molecule has 3 aromatic carbocycles. The van der Waals surface area contributed by atoms with Gasteiger partial charge in [-0.15, -0.1) is 0 Å².